The first-order valence-corrected chi connectivity index (χ1v) is 15.3. The summed E-state index contributed by atoms with van der Waals surface area (Å²) in [6, 6.07) is 13.8. The third kappa shape index (κ3) is 6.09. The largest absolute Gasteiger partial charge is 0.493 e. The average molecular weight is 620 g/mol. The number of ether oxygens (including phenoxy) is 4. The molecule has 0 radical (unpaired) electrons. The number of methoxy groups -OCH3 is 3. The molecule has 2 heterocycles. The number of carbonyl (C=O) groups excluding carboxylic acids is 1. The van der Waals surface area contributed by atoms with Gasteiger partial charge in [0.1, 0.15) is 5.58 Å². The van der Waals surface area contributed by atoms with Gasteiger partial charge in [-0.2, -0.15) is 0 Å². The van der Waals surface area contributed by atoms with Crippen LogP contribution in [-0.4, -0.2) is 45.3 Å². The zero-order valence-corrected chi connectivity index (χ0v) is 26.6. The van der Waals surface area contributed by atoms with E-state index in [1.54, 1.807) is 38.4 Å². The second-order valence-electron chi connectivity index (χ2n) is 10.9. The lowest BCUT2D eigenvalue weighted by Crippen LogP contribution is -2.31. The quantitative estimate of drug-likeness (QED) is 0.143. The van der Waals surface area contributed by atoms with E-state index < -0.39 is 6.04 Å². The van der Waals surface area contributed by atoms with Crippen LogP contribution in [0.5, 0.6) is 23.0 Å². The minimum absolute atomic E-state index is 0.0387. The molecule has 0 bridgehead atoms. The van der Waals surface area contributed by atoms with Crippen molar-refractivity contribution in [2.45, 2.75) is 52.0 Å². The molecule has 1 aromatic heterocycles. The second kappa shape index (κ2) is 13.6. The standard InChI is InChI=1S/C35H38ClNO7/c1-6-7-8-9-16-43-27-13-11-23(19-30(27)42-5)32-31-33(38)24-20-25(36)21(2)17-28(24)44-34(31)35(39)37(32)15-14-22-10-12-26(40-3)29(18-22)41-4/h10-13,17-20,32H,6-9,14-16H2,1-5H3. The average Bonchev–Trinajstić information content (AvgIpc) is 3.31. The van der Waals surface area contributed by atoms with Crippen LogP contribution in [0.4, 0.5) is 0 Å². The van der Waals surface area contributed by atoms with E-state index in [4.69, 9.17) is 35.0 Å². The van der Waals surface area contributed by atoms with Crippen molar-refractivity contribution in [2.75, 3.05) is 34.5 Å². The predicted octanol–water partition coefficient (Wildman–Crippen LogP) is 7.53. The number of hydrogen-bond acceptors (Lipinski definition) is 7. The molecule has 0 fully saturated rings. The molecule has 8 nitrogen and oxygen atoms in total. The maximum atomic E-state index is 14.1. The van der Waals surface area contributed by atoms with Crippen LogP contribution < -0.4 is 24.4 Å². The van der Waals surface area contributed by atoms with Crippen molar-refractivity contribution in [3.63, 3.8) is 0 Å². The van der Waals surface area contributed by atoms with Gasteiger partial charge in [0.15, 0.2) is 28.4 Å². The van der Waals surface area contributed by atoms with Gasteiger partial charge >= 0.3 is 0 Å². The maximum Gasteiger partial charge on any atom is 0.290 e. The number of amides is 1. The zero-order chi connectivity index (χ0) is 31.4. The van der Waals surface area contributed by atoms with Gasteiger partial charge in [0, 0.05) is 11.6 Å². The summed E-state index contributed by atoms with van der Waals surface area (Å²) in [5, 5.41) is 0.788. The van der Waals surface area contributed by atoms with Crippen LogP contribution in [0.1, 0.15) is 71.5 Å². The minimum atomic E-state index is -0.703. The molecule has 5 rings (SSSR count). The number of rotatable bonds is 13. The highest BCUT2D eigenvalue weighted by Gasteiger charge is 2.43. The zero-order valence-electron chi connectivity index (χ0n) is 25.8. The van der Waals surface area contributed by atoms with Gasteiger partial charge in [-0.1, -0.05) is 49.9 Å². The summed E-state index contributed by atoms with van der Waals surface area (Å²) in [4.78, 5) is 29.7. The van der Waals surface area contributed by atoms with E-state index >= 15 is 0 Å². The smallest absolute Gasteiger partial charge is 0.290 e. The summed E-state index contributed by atoms with van der Waals surface area (Å²) in [6.45, 7) is 4.89. The number of benzene rings is 3. The Morgan fingerprint density at radius 3 is 2.32 bits per heavy atom. The monoisotopic (exact) mass is 619 g/mol. The predicted molar refractivity (Wildman–Crippen MR) is 171 cm³/mol. The Labute approximate surface area is 262 Å². The summed E-state index contributed by atoms with van der Waals surface area (Å²) < 4.78 is 28.8. The van der Waals surface area contributed by atoms with Crippen molar-refractivity contribution >= 4 is 28.5 Å². The van der Waals surface area contributed by atoms with Gasteiger partial charge in [0.25, 0.3) is 5.91 Å². The maximum absolute atomic E-state index is 14.1. The lowest BCUT2D eigenvalue weighted by atomic mass is 9.97. The molecule has 0 aliphatic carbocycles. The number of aryl methyl sites for hydroxylation is 1. The summed E-state index contributed by atoms with van der Waals surface area (Å²) in [5.41, 5.74) is 2.74. The van der Waals surface area contributed by atoms with Crippen LogP contribution >= 0.6 is 11.6 Å². The Kier molecular flexibility index (Phi) is 9.69. The Morgan fingerprint density at radius 1 is 0.864 bits per heavy atom. The molecule has 0 spiro atoms. The fraction of sp³-hybridized carbons (Fsp3) is 0.371. The number of halogens is 1. The van der Waals surface area contributed by atoms with Crippen LogP contribution in [-0.2, 0) is 6.42 Å². The lowest BCUT2D eigenvalue weighted by molar-refractivity contribution is 0.0730. The van der Waals surface area contributed by atoms with Crippen molar-refractivity contribution in [2.24, 2.45) is 0 Å². The number of unbranched alkanes of at least 4 members (excludes halogenated alkanes) is 3. The highest BCUT2D eigenvalue weighted by atomic mass is 35.5. The second-order valence-corrected chi connectivity index (χ2v) is 11.3. The molecular weight excluding hydrogens is 582 g/mol. The Bertz CT molecular complexity index is 1730. The van der Waals surface area contributed by atoms with Crippen molar-refractivity contribution < 1.29 is 28.2 Å². The van der Waals surface area contributed by atoms with E-state index in [-0.39, 0.29) is 22.7 Å². The molecule has 1 aliphatic heterocycles. The number of fused-ring (bicyclic) bond motifs is 2. The summed E-state index contributed by atoms with van der Waals surface area (Å²) in [6.07, 6.45) is 4.86. The van der Waals surface area contributed by atoms with Gasteiger partial charge in [-0.05, 0) is 72.9 Å². The van der Waals surface area contributed by atoms with Crippen LogP contribution in [0.25, 0.3) is 11.0 Å². The van der Waals surface area contributed by atoms with Gasteiger partial charge in [-0.25, -0.2) is 0 Å². The Hall–Kier alpha value is -4.17. The summed E-state index contributed by atoms with van der Waals surface area (Å²) in [7, 11) is 4.75. The van der Waals surface area contributed by atoms with Gasteiger partial charge < -0.3 is 28.3 Å². The van der Waals surface area contributed by atoms with Gasteiger partial charge in [-0.3, -0.25) is 9.59 Å². The van der Waals surface area contributed by atoms with Crippen molar-refractivity contribution in [3.8, 4) is 23.0 Å². The van der Waals surface area contributed by atoms with Crippen molar-refractivity contribution in [1.82, 2.24) is 4.90 Å². The SMILES string of the molecule is CCCCCCOc1ccc(C2c3c(oc4cc(C)c(Cl)cc4c3=O)C(=O)N2CCc2ccc(OC)c(OC)c2)cc1OC. The third-order valence-corrected chi connectivity index (χ3v) is 8.50. The first kappa shape index (κ1) is 31.3. The van der Waals surface area contributed by atoms with E-state index in [9.17, 15) is 9.59 Å². The Balaban J connectivity index is 1.55. The van der Waals surface area contributed by atoms with Crippen molar-refractivity contribution in [1.29, 1.82) is 0 Å². The third-order valence-electron chi connectivity index (χ3n) is 8.10. The molecule has 1 aliphatic rings. The number of hydrogen-bond donors (Lipinski definition) is 0. The van der Waals surface area contributed by atoms with E-state index in [1.807, 2.05) is 43.3 Å². The molecular formula is C35H38ClNO7. The molecule has 1 atom stereocenters. The van der Waals surface area contributed by atoms with Gasteiger partial charge in [0.2, 0.25) is 5.76 Å². The van der Waals surface area contributed by atoms with E-state index in [0.29, 0.717) is 64.1 Å². The number of carbonyl (C=O) groups is 1. The van der Waals surface area contributed by atoms with E-state index in [1.165, 1.54) is 0 Å². The molecule has 3 aromatic carbocycles. The molecule has 9 heteroatoms. The fourth-order valence-electron chi connectivity index (χ4n) is 5.69. The summed E-state index contributed by atoms with van der Waals surface area (Å²) in [5.74, 6) is 2.05. The summed E-state index contributed by atoms with van der Waals surface area (Å²) >= 11 is 6.40. The number of nitrogens with zero attached hydrogens (tertiary/aromatic N) is 1. The van der Waals surface area contributed by atoms with Gasteiger partial charge in [0.05, 0.1) is 44.9 Å². The van der Waals surface area contributed by atoms with E-state index in [2.05, 4.69) is 6.92 Å². The topological polar surface area (TPSA) is 87.4 Å². The van der Waals surface area contributed by atoms with E-state index in [0.717, 1.165) is 36.8 Å². The van der Waals surface area contributed by atoms with Crippen LogP contribution in [0, 0.1) is 6.92 Å². The molecule has 0 N–H and O–H groups in total. The highest BCUT2D eigenvalue weighted by molar-refractivity contribution is 6.32. The normalized spacial score (nSPS) is 14.2. The van der Waals surface area contributed by atoms with Crippen LogP contribution in [0.3, 0.4) is 0 Å². The first-order chi connectivity index (χ1) is 21.3. The molecule has 4 aromatic rings. The molecule has 0 saturated heterocycles. The fourth-order valence-corrected chi connectivity index (χ4v) is 5.85. The molecule has 44 heavy (non-hydrogen) atoms. The highest BCUT2D eigenvalue weighted by Crippen LogP contribution is 2.41. The minimum Gasteiger partial charge on any atom is -0.493 e. The van der Waals surface area contributed by atoms with Crippen LogP contribution in [0.2, 0.25) is 5.02 Å². The molecule has 232 valence electrons. The molecule has 1 unspecified atom stereocenters. The van der Waals surface area contributed by atoms with Crippen molar-refractivity contribution in [3.05, 3.63) is 91.8 Å². The van der Waals surface area contributed by atoms with Gasteiger partial charge in [-0.15, -0.1) is 0 Å². The molecule has 0 saturated carbocycles. The Morgan fingerprint density at radius 2 is 1.59 bits per heavy atom. The lowest BCUT2D eigenvalue weighted by Gasteiger charge is -2.26. The van der Waals surface area contributed by atoms with Crippen LogP contribution in [0.15, 0.2) is 57.7 Å². The molecule has 1 amide bonds. The first-order valence-electron chi connectivity index (χ1n) is 14.9.